The number of urea groups is 1. The average Bonchev–Trinajstić information content (AvgIpc) is 2.94. The van der Waals surface area contributed by atoms with Crippen molar-refractivity contribution in [2.75, 3.05) is 0 Å². The smallest absolute Gasteiger partial charge is 0.318 e. The van der Waals surface area contributed by atoms with Crippen molar-refractivity contribution < 1.29 is 9.59 Å². The standard InChI is InChI=1S/C15H20N6O2S/c1-8(2)12(13(22)17-14(16)23)24-15-18-19-20-21(15)11-6-5-9(3)10(4)7-11/h5-8,12H,1-4H3,(H3,16,17,22,23)/t12-/m1/s1. The van der Waals surface area contributed by atoms with E-state index in [9.17, 15) is 9.59 Å². The summed E-state index contributed by atoms with van der Waals surface area (Å²) >= 11 is 1.19. The molecule has 24 heavy (non-hydrogen) atoms. The Hall–Kier alpha value is -2.42. The number of hydrogen-bond donors (Lipinski definition) is 2. The number of thioether (sulfide) groups is 1. The van der Waals surface area contributed by atoms with E-state index in [0.717, 1.165) is 11.3 Å². The van der Waals surface area contributed by atoms with Crippen molar-refractivity contribution >= 4 is 23.7 Å². The van der Waals surface area contributed by atoms with Crippen molar-refractivity contribution in [3.63, 3.8) is 0 Å². The zero-order chi connectivity index (χ0) is 17.9. The number of imide groups is 1. The van der Waals surface area contributed by atoms with E-state index < -0.39 is 17.2 Å². The Balaban J connectivity index is 2.29. The molecule has 2 aromatic rings. The molecule has 0 spiro atoms. The first-order valence-corrected chi connectivity index (χ1v) is 8.30. The normalized spacial score (nSPS) is 12.2. The second kappa shape index (κ2) is 7.43. The highest BCUT2D eigenvalue weighted by molar-refractivity contribution is 8.00. The fourth-order valence-electron chi connectivity index (χ4n) is 2.07. The molecule has 0 fully saturated rings. The van der Waals surface area contributed by atoms with Crippen LogP contribution in [-0.2, 0) is 4.79 Å². The van der Waals surface area contributed by atoms with Crippen LogP contribution in [-0.4, -0.2) is 37.4 Å². The van der Waals surface area contributed by atoms with Gasteiger partial charge in [-0.3, -0.25) is 10.1 Å². The lowest BCUT2D eigenvalue weighted by Crippen LogP contribution is -2.42. The molecule has 3 amide bonds. The number of carbonyl (C=O) groups is 2. The van der Waals surface area contributed by atoms with Crippen molar-refractivity contribution in [2.24, 2.45) is 11.7 Å². The van der Waals surface area contributed by atoms with E-state index >= 15 is 0 Å². The molecule has 8 nitrogen and oxygen atoms in total. The van der Waals surface area contributed by atoms with Crippen molar-refractivity contribution in [2.45, 2.75) is 38.1 Å². The van der Waals surface area contributed by atoms with Gasteiger partial charge in [0.2, 0.25) is 11.1 Å². The van der Waals surface area contributed by atoms with E-state index in [4.69, 9.17) is 5.73 Å². The van der Waals surface area contributed by atoms with Gasteiger partial charge in [0, 0.05) is 0 Å². The average molecular weight is 348 g/mol. The summed E-state index contributed by atoms with van der Waals surface area (Å²) < 4.78 is 1.57. The lowest BCUT2D eigenvalue weighted by Gasteiger charge is -2.18. The molecule has 0 saturated carbocycles. The monoisotopic (exact) mass is 348 g/mol. The van der Waals surface area contributed by atoms with Gasteiger partial charge in [0.25, 0.3) is 0 Å². The van der Waals surface area contributed by atoms with Crippen LogP contribution in [0.15, 0.2) is 23.4 Å². The highest BCUT2D eigenvalue weighted by Gasteiger charge is 2.27. The second-order valence-electron chi connectivity index (χ2n) is 5.78. The molecule has 0 aliphatic rings. The van der Waals surface area contributed by atoms with Crippen LogP contribution in [0, 0.1) is 19.8 Å². The van der Waals surface area contributed by atoms with Gasteiger partial charge in [-0.2, -0.15) is 4.68 Å². The van der Waals surface area contributed by atoms with Crippen LogP contribution in [0.3, 0.4) is 0 Å². The van der Waals surface area contributed by atoms with Crippen molar-refractivity contribution in [3.05, 3.63) is 29.3 Å². The van der Waals surface area contributed by atoms with E-state index in [1.807, 2.05) is 45.9 Å². The zero-order valence-corrected chi connectivity index (χ0v) is 14.8. The molecule has 1 heterocycles. The number of aromatic nitrogens is 4. The number of benzene rings is 1. The molecule has 128 valence electrons. The van der Waals surface area contributed by atoms with Gasteiger partial charge in [-0.15, -0.1) is 5.10 Å². The first kappa shape index (κ1) is 17.9. The Morgan fingerprint density at radius 1 is 1.25 bits per heavy atom. The van der Waals surface area contributed by atoms with Crippen LogP contribution >= 0.6 is 11.8 Å². The van der Waals surface area contributed by atoms with Crippen molar-refractivity contribution in [1.29, 1.82) is 0 Å². The van der Waals surface area contributed by atoms with E-state index in [1.54, 1.807) is 4.68 Å². The third-order valence-corrected chi connectivity index (χ3v) is 5.00. The summed E-state index contributed by atoms with van der Waals surface area (Å²) in [6, 6.07) is 5.00. The van der Waals surface area contributed by atoms with Crippen LogP contribution in [0.5, 0.6) is 0 Å². The van der Waals surface area contributed by atoms with Crippen LogP contribution < -0.4 is 11.1 Å². The number of amides is 3. The molecular formula is C15H20N6O2S. The molecule has 0 radical (unpaired) electrons. The fraction of sp³-hybridized carbons (Fsp3) is 0.400. The van der Waals surface area contributed by atoms with E-state index in [2.05, 4.69) is 20.8 Å². The summed E-state index contributed by atoms with van der Waals surface area (Å²) in [4.78, 5) is 23.1. The Kier molecular flexibility index (Phi) is 5.55. The number of hydrogen-bond acceptors (Lipinski definition) is 6. The highest BCUT2D eigenvalue weighted by Crippen LogP contribution is 2.28. The topological polar surface area (TPSA) is 116 Å². The molecule has 0 saturated heterocycles. The number of aryl methyl sites for hydroxylation is 2. The fourth-order valence-corrected chi connectivity index (χ4v) is 3.06. The number of tetrazole rings is 1. The first-order valence-electron chi connectivity index (χ1n) is 7.42. The van der Waals surface area contributed by atoms with Gasteiger partial charge in [0.05, 0.1) is 10.9 Å². The molecule has 0 bridgehead atoms. The second-order valence-corrected chi connectivity index (χ2v) is 6.89. The van der Waals surface area contributed by atoms with E-state index in [-0.39, 0.29) is 5.92 Å². The van der Waals surface area contributed by atoms with Gasteiger partial charge in [0.1, 0.15) is 0 Å². The van der Waals surface area contributed by atoms with Crippen LogP contribution in [0.25, 0.3) is 5.69 Å². The van der Waals surface area contributed by atoms with Crippen molar-refractivity contribution in [3.8, 4) is 5.69 Å². The third kappa shape index (κ3) is 4.10. The molecule has 0 aliphatic heterocycles. The zero-order valence-electron chi connectivity index (χ0n) is 14.0. The van der Waals surface area contributed by atoms with E-state index in [1.165, 1.54) is 17.3 Å². The summed E-state index contributed by atoms with van der Waals surface area (Å²) in [6.45, 7) is 7.79. The number of rotatable bonds is 5. The molecule has 1 aromatic heterocycles. The Morgan fingerprint density at radius 2 is 1.96 bits per heavy atom. The number of nitrogens with zero attached hydrogens (tertiary/aromatic N) is 4. The van der Waals surface area contributed by atoms with Gasteiger partial charge in [-0.25, -0.2) is 4.79 Å². The lowest BCUT2D eigenvalue weighted by molar-refractivity contribution is -0.120. The molecule has 0 aliphatic carbocycles. The maximum Gasteiger partial charge on any atom is 0.318 e. The highest BCUT2D eigenvalue weighted by atomic mass is 32.2. The summed E-state index contributed by atoms with van der Waals surface area (Å²) in [7, 11) is 0. The maximum atomic E-state index is 12.2. The molecule has 1 atom stereocenters. The molecule has 3 N–H and O–H groups in total. The Labute approximate surface area is 144 Å². The SMILES string of the molecule is Cc1ccc(-n2nnnc2S[C@@H](C(=O)NC(N)=O)C(C)C)cc1C. The summed E-state index contributed by atoms with van der Waals surface area (Å²) in [6.07, 6.45) is 0. The third-order valence-electron chi connectivity index (χ3n) is 3.52. The van der Waals surface area contributed by atoms with Crippen LogP contribution in [0.1, 0.15) is 25.0 Å². The van der Waals surface area contributed by atoms with Gasteiger partial charge < -0.3 is 5.73 Å². The van der Waals surface area contributed by atoms with Gasteiger partial charge >= 0.3 is 6.03 Å². The summed E-state index contributed by atoms with van der Waals surface area (Å²) in [5, 5.41) is 13.7. The molecule has 9 heteroatoms. The number of nitrogens with one attached hydrogen (secondary N) is 1. The Morgan fingerprint density at radius 3 is 2.54 bits per heavy atom. The largest absolute Gasteiger partial charge is 0.351 e. The number of primary amides is 1. The predicted octanol–water partition coefficient (Wildman–Crippen LogP) is 1.59. The van der Waals surface area contributed by atoms with Crippen molar-refractivity contribution in [1.82, 2.24) is 25.5 Å². The first-order chi connectivity index (χ1) is 11.3. The van der Waals surface area contributed by atoms with Crippen LogP contribution in [0.4, 0.5) is 4.79 Å². The van der Waals surface area contributed by atoms with Crippen LogP contribution in [0.2, 0.25) is 0 Å². The quantitative estimate of drug-likeness (QED) is 0.793. The van der Waals surface area contributed by atoms with Gasteiger partial charge in [0.15, 0.2) is 0 Å². The summed E-state index contributed by atoms with van der Waals surface area (Å²) in [5.41, 5.74) is 8.12. The number of carbonyl (C=O) groups excluding carboxylic acids is 2. The number of nitrogens with two attached hydrogens (primary N) is 1. The molecule has 1 aromatic carbocycles. The molecular weight excluding hydrogens is 328 g/mol. The minimum Gasteiger partial charge on any atom is -0.351 e. The van der Waals surface area contributed by atoms with E-state index in [0.29, 0.717) is 5.16 Å². The minimum atomic E-state index is -0.875. The van der Waals surface area contributed by atoms with Gasteiger partial charge in [-0.05, 0) is 53.5 Å². The minimum absolute atomic E-state index is 0.0424. The Bertz CT molecular complexity index is 758. The lowest BCUT2D eigenvalue weighted by atomic mass is 10.1. The molecule has 0 unspecified atom stereocenters. The van der Waals surface area contributed by atoms with Gasteiger partial charge in [-0.1, -0.05) is 31.7 Å². The summed E-state index contributed by atoms with van der Waals surface area (Å²) in [5.74, 6) is -0.503. The maximum absolute atomic E-state index is 12.2. The predicted molar refractivity (Wildman–Crippen MR) is 90.8 cm³/mol. The molecule has 2 rings (SSSR count).